The Kier molecular flexibility index (Phi) is 4.38. The van der Waals surface area contributed by atoms with E-state index in [1.165, 1.54) is 30.9 Å². The topological polar surface area (TPSA) is 56.7 Å². The molecule has 0 spiro atoms. The third kappa shape index (κ3) is 3.31. The highest BCUT2D eigenvalue weighted by Crippen LogP contribution is 2.26. The van der Waals surface area contributed by atoms with Crippen LogP contribution >= 0.6 is 0 Å². The van der Waals surface area contributed by atoms with E-state index < -0.39 is 0 Å². The maximum atomic E-state index is 5.66. The number of rotatable bonds is 5. The highest BCUT2D eigenvalue weighted by atomic mass is 15.3. The van der Waals surface area contributed by atoms with Crippen LogP contribution in [0.1, 0.15) is 57.6 Å². The van der Waals surface area contributed by atoms with Gasteiger partial charge in [0.1, 0.15) is 11.6 Å². The van der Waals surface area contributed by atoms with Crippen LogP contribution in [-0.4, -0.2) is 21.3 Å². The highest BCUT2D eigenvalue weighted by molar-refractivity contribution is 4.98. The summed E-state index contributed by atoms with van der Waals surface area (Å²) in [5.41, 5.74) is 5.97. The van der Waals surface area contributed by atoms with E-state index >= 15 is 0 Å². The van der Waals surface area contributed by atoms with Crippen molar-refractivity contribution in [2.45, 2.75) is 65.3 Å². The summed E-state index contributed by atoms with van der Waals surface area (Å²) < 4.78 is 2.35. The third-order valence-electron chi connectivity index (χ3n) is 4.03. The van der Waals surface area contributed by atoms with Gasteiger partial charge in [-0.05, 0) is 37.6 Å². The van der Waals surface area contributed by atoms with Crippen LogP contribution in [0.5, 0.6) is 0 Å². The molecule has 0 aromatic carbocycles. The van der Waals surface area contributed by atoms with E-state index in [1.807, 2.05) is 0 Å². The molecular formula is C14H26N4. The molecule has 1 aliphatic rings. The van der Waals surface area contributed by atoms with Gasteiger partial charge >= 0.3 is 0 Å². The molecule has 0 fully saturated rings. The predicted octanol–water partition coefficient (Wildman–Crippen LogP) is 2.31. The van der Waals surface area contributed by atoms with Crippen molar-refractivity contribution in [1.82, 2.24) is 14.8 Å². The summed E-state index contributed by atoms with van der Waals surface area (Å²) in [6.45, 7) is 6.46. The van der Waals surface area contributed by atoms with Crippen LogP contribution in [0.25, 0.3) is 0 Å². The minimum atomic E-state index is 0.311. The number of hydrogen-bond acceptors (Lipinski definition) is 3. The summed E-state index contributed by atoms with van der Waals surface area (Å²) >= 11 is 0. The number of nitrogens with zero attached hydrogens (tertiary/aromatic N) is 3. The van der Waals surface area contributed by atoms with E-state index in [-0.39, 0.29) is 0 Å². The Morgan fingerprint density at radius 2 is 2.00 bits per heavy atom. The Labute approximate surface area is 110 Å². The van der Waals surface area contributed by atoms with Gasteiger partial charge in [0, 0.05) is 19.4 Å². The summed E-state index contributed by atoms with van der Waals surface area (Å²) in [5, 5.41) is 8.74. The molecule has 1 aromatic rings. The molecule has 0 amide bonds. The van der Waals surface area contributed by atoms with Crippen LogP contribution < -0.4 is 5.73 Å². The molecule has 0 aliphatic carbocycles. The normalized spacial score (nSPS) is 16.4. The van der Waals surface area contributed by atoms with Crippen LogP contribution in [0.2, 0.25) is 0 Å². The molecule has 102 valence electrons. The van der Waals surface area contributed by atoms with Gasteiger partial charge in [-0.25, -0.2) is 0 Å². The maximum Gasteiger partial charge on any atom is 0.133 e. The van der Waals surface area contributed by atoms with E-state index in [9.17, 15) is 0 Å². The molecule has 0 bridgehead atoms. The fraction of sp³-hybridized carbons (Fsp3) is 0.857. The molecule has 18 heavy (non-hydrogen) atoms. The van der Waals surface area contributed by atoms with Crippen LogP contribution in [0.3, 0.4) is 0 Å². The second-order valence-electron chi connectivity index (χ2n) is 6.20. The second-order valence-corrected chi connectivity index (χ2v) is 6.20. The zero-order valence-corrected chi connectivity index (χ0v) is 11.8. The Bertz CT molecular complexity index is 381. The van der Waals surface area contributed by atoms with Crippen molar-refractivity contribution >= 4 is 0 Å². The van der Waals surface area contributed by atoms with Crippen molar-refractivity contribution in [2.75, 3.05) is 6.54 Å². The number of aromatic nitrogens is 3. The van der Waals surface area contributed by atoms with Crippen LogP contribution in [-0.2, 0) is 19.4 Å². The van der Waals surface area contributed by atoms with Crippen molar-refractivity contribution < 1.29 is 0 Å². The van der Waals surface area contributed by atoms with Gasteiger partial charge in [-0.1, -0.05) is 20.3 Å². The van der Waals surface area contributed by atoms with E-state index in [2.05, 4.69) is 28.6 Å². The van der Waals surface area contributed by atoms with E-state index in [1.54, 1.807) is 0 Å². The monoisotopic (exact) mass is 250 g/mol. The first-order chi connectivity index (χ1) is 8.62. The predicted molar refractivity (Wildman–Crippen MR) is 73.4 cm³/mol. The molecule has 4 heteroatoms. The Morgan fingerprint density at radius 1 is 1.17 bits per heavy atom. The lowest BCUT2D eigenvalue weighted by molar-refractivity contribution is 0.309. The summed E-state index contributed by atoms with van der Waals surface area (Å²) in [7, 11) is 0. The van der Waals surface area contributed by atoms with Gasteiger partial charge in [-0.2, -0.15) is 0 Å². The van der Waals surface area contributed by atoms with Gasteiger partial charge in [0.2, 0.25) is 0 Å². The molecule has 2 rings (SSSR count). The first kappa shape index (κ1) is 13.5. The summed E-state index contributed by atoms with van der Waals surface area (Å²) in [5.74, 6) is 2.37. The van der Waals surface area contributed by atoms with Gasteiger partial charge in [-0.3, -0.25) is 0 Å². The maximum absolute atomic E-state index is 5.66. The van der Waals surface area contributed by atoms with Crippen molar-refractivity contribution in [2.24, 2.45) is 11.1 Å². The van der Waals surface area contributed by atoms with Gasteiger partial charge in [0.05, 0.1) is 0 Å². The van der Waals surface area contributed by atoms with Gasteiger partial charge < -0.3 is 10.3 Å². The molecule has 0 unspecified atom stereocenters. The van der Waals surface area contributed by atoms with E-state index in [0.717, 1.165) is 38.8 Å². The van der Waals surface area contributed by atoms with E-state index in [4.69, 9.17) is 5.73 Å². The molecule has 2 N–H and O–H groups in total. The lowest BCUT2D eigenvalue weighted by Gasteiger charge is -2.23. The molecule has 0 saturated carbocycles. The molecule has 0 radical (unpaired) electrons. The number of fused-ring (bicyclic) bond motifs is 1. The molecule has 0 atom stereocenters. The fourth-order valence-corrected chi connectivity index (χ4v) is 2.70. The first-order valence-corrected chi connectivity index (χ1v) is 7.23. The zero-order chi connectivity index (χ0) is 13.0. The smallest absolute Gasteiger partial charge is 0.133 e. The number of aryl methyl sites for hydroxylation is 2. The first-order valence-electron chi connectivity index (χ1n) is 7.23. The molecule has 0 saturated heterocycles. The van der Waals surface area contributed by atoms with Crippen molar-refractivity contribution in [3.05, 3.63) is 11.6 Å². The summed E-state index contributed by atoms with van der Waals surface area (Å²) in [4.78, 5) is 0. The standard InChI is InChI=1S/C14H26N4/c1-14(2,9-10-15)8-7-13-17-16-12-6-4-3-5-11-18(12)13/h3-11,15H2,1-2H3. The minimum Gasteiger partial charge on any atom is -0.330 e. The SMILES string of the molecule is CC(C)(CCN)CCc1nnc2n1CCCCC2. The largest absolute Gasteiger partial charge is 0.330 e. The average Bonchev–Trinajstić information content (AvgIpc) is 2.55. The van der Waals surface area contributed by atoms with Gasteiger partial charge in [0.25, 0.3) is 0 Å². The molecule has 4 nitrogen and oxygen atoms in total. The Hall–Kier alpha value is -0.900. The second kappa shape index (κ2) is 5.83. The third-order valence-corrected chi connectivity index (χ3v) is 4.03. The molecule has 2 heterocycles. The van der Waals surface area contributed by atoms with Crippen molar-refractivity contribution in [3.8, 4) is 0 Å². The molecule has 1 aromatic heterocycles. The lowest BCUT2D eigenvalue weighted by atomic mass is 9.84. The lowest BCUT2D eigenvalue weighted by Crippen LogP contribution is -2.19. The fourth-order valence-electron chi connectivity index (χ4n) is 2.70. The number of hydrogen-bond donors (Lipinski definition) is 1. The van der Waals surface area contributed by atoms with E-state index in [0.29, 0.717) is 5.41 Å². The van der Waals surface area contributed by atoms with Crippen LogP contribution in [0, 0.1) is 5.41 Å². The van der Waals surface area contributed by atoms with Crippen molar-refractivity contribution in [1.29, 1.82) is 0 Å². The van der Waals surface area contributed by atoms with Gasteiger partial charge in [-0.15, -0.1) is 10.2 Å². The number of nitrogens with two attached hydrogens (primary N) is 1. The summed E-state index contributed by atoms with van der Waals surface area (Å²) in [6.07, 6.45) is 8.19. The highest BCUT2D eigenvalue weighted by Gasteiger charge is 2.20. The Morgan fingerprint density at radius 3 is 2.78 bits per heavy atom. The quantitative estimate of drug-likeness (QED) is 0.872. The van der Waals surface area contributed by atoms with Crippen molar-refractivity contribution in [3.63, 3.8) is 0 Å². The summed E-state index contributed by atoms with van der Waals surface area (Å²) in [6, 6.07) is 0. The Balaban J connectivity index is 2.00. The van der Waals surface area contributed by atoms with Gasteiger partial charge in [0.15, 0.2) is 0 Å². The molecule has 1 aliphatic heterocycles. The minimum absolute atomic E-state index is 0.311. The van der Waals surface area contributed by atoms with Crippen LogP contribution in [0.15, 0.2) is 0 Å². The van der Waals surface area contributed by atoms with Crippen LogP contribution in [0.4, 0.5) is 0 Å². The molecular weight excluding hydrogens is 224 g/mol. The zero-order valence-electron chi connectivity index (χ0n) is 11.8. The average molecular weight is 250 g/mol.